The van der Waals surface area contributed by atoms with Crippen molar-refractivity contribution in [1.82, 2.24) is 0 Å². The van der Waals surface area contributed by atoms with Gasteiger partial charge < -0.3 is 14.4 Å². The number of nitrogens with zero attached hydrogens (tertiary/aromatic N) is 1. The van der Waals surface area contributed by atoms with E-state index in [9.17, 15) is 9.18 Å². The molecular formula is C15H12ClFN2O2S. The number of fused-ring (bicyclic) bond motifs is 1. The van der Waals surface area contributed by atoms with Crippen LogP contribution in [0.5, 0.6) is 5.75 Å². The normalized spacial score (nSPS) is 13.6. The molecule has 1 aliphatic heterocycles. The maximum Gasteiger partial charge on any atom is 0.330 e. The molecule has 1 N–H and O–H groups in total. The fraction of sp³-hybridized carbons (Fsp3) is 0.133. The van der Waals surface area contributed by atoms with Crippen LogP contribution >= 0.6 is 23.5 Å². The Morgan fingerprint density at radius 2 is 2.14 bits per heavy atom. The van der Waals surface area contributed by atoms with E-state index in [1.807, 2.05) is 24.1 Å². The van der Waals surface area contributed by atoms with Crippen LogP contribution in [0, 0.1) is 5.82 Å². The topological polar surface area (TPSA) is 41.6 Å². The summed E-state index contributed by atoms with van der Waals surface area (Å²) in [6, 6.07) is 9.96. The number of likely N-dealkylation sites (N-methyl/N-ethyl adjacent to an activating group) is 1. The molecule has 0 aromatic heterocycles. The Hall–Kier alpha value is -1.92. The molecule has 0 bridgehead atoms. The second-order valence-electron chi connectivity index (χ2n) is 4.79. The fourth-order valence-electron chi connectivity index (χ4n) is 2.06. The Kier molecular flexibility index (Phi) is 4.13. The summed E-state index contributed by atoms with van der Waals surface area (Å²) < 4.78 is 21.4. The molecule has 4 nitrogen and oxygen atoms in total. The fourth-order valence-corrected chi connectivity index (χ4v) is 2.91. The number of esters is 1. The van der Waals surface area contributed by atoms with Gasteiger partial charge in [-0.05, 0) is 48.3 Å². The molecule has 2 aromatic rings. The summed E-state index contributed by atoms with van der Waals surface area (Å²) >= 11 is 7.11. The maximum absolute atomic E-state index is 13.1. The highest BCUT2D eigenvalue weighted by Crippen LogP contribution is 2.35. The first-order valence-electron chi connectivity index (χ1n) is 6.47. The van der Waals surface area contributed by atoms with Gasteiger partial charge in [-0.25, -0.2) is 9.18 Å². The predicted molar refractivity (Wildman–Crippen MR) is 86.2 cm³/mol. The number of carbonyl (C=O) groups excluding carboxylic acids is 1. The molecule has 0 atom stereocenters. The van der Waals surface area contributed by atoms with Gasteiger partial charge in [0.2, 0.25) is 0 Å². The van der Waals surface area contributed by atoms with Crippen LogP contribution in [0.25, 0.3) is 0 Å². The highest BCUT2D eigenvalue weighted by Gasteiger charge is 2.21. The third kappa shape index (κ3) is 3.13. The number of nitrogens with one attached hydrogen (secondary N) is 1. The van der Waals surface area contributed by atoms with E-state index in [1.165, 1.54) is 24.1 Å². The monoisotopic (exact) mass is 338 g/mol. The molecule has 22 heavy (non-hydrogen) atoms. The number of ether oxygens (including phenoxy) is 1. The van der Waals surface area contributed by atoms with E-state index in [0.29, 0.717) is 11.4 Å². The number of rotatable bonds is 3. The van der Waals surface area contributed by atoms with E-state index < -0.39 is 5.82 Å². The Morgan fingerprint density at radius 3 is 2.91 bits per heavy atom. The van der Waals surface area contributed by atoms with Crippen molar-refractivity contribution in [2.45, 2.75) is 4.90 Å². The summed E-state index contributed by atoms with van der Waals surface area (Å²) in [4.78, 5) is 14.1. The van der Waals surface area contributed by atoms with Crippen LogP contribution in [0.2, 0.25) is 5.02 Å². The van der Waals surface area contributed by atoms with Crippen molar-refractivity contribution in [3.05, 3.63) is 47.2 Å². The van der Waals surface area contributed by atoms with Crippen molar-refractivity contribution in [2.24, 2.45) is 0 Å². The second kappa shape index (κ2) is 6.06. The molecule has 0 saturated heterocycles. The molecule has 0 aliphatic carbocycles. The molecule has 0 saturated carbocycles. The molecule has 114 valence electrons. The average Bonchev–Trinajstić information content (AvgIpc) is 2.48. The lowest BCUT2D eigenvalue weighted by Crippen LogP contribution is -2.33. The van der Waals surface area contributed by atoms with Crippen LogP contribution in [0.4, 0.5) is 15.8 Å². The third-order valence-electron chi connectivity index (χ3n) is 3.14. The van der Waals surface area contributed by atoms with Crippen molar-refractivity contribution in [3.8, 4) is 5.75 Å². The number of benzene rings is 2. The Bertz CT molecular complexity index is 741. The van der Waals surface area contributed by atoms with Gasteiger partial charge in [-0.15, -0.1) is 0 Å². The van der Waals surface area contributed by atoms with Gasteiger partial charge in [-0.3, -0.25) is 0 Å². The van der Waals surface area contributed by atoms with Gasteiger partial charge in [0.05, 0.1) is 10.7 Å². The molecule has 0 fully saturated rings. The van der Waals surface area contributed by atoms with Crippen molar-refractivity contribution in [1.29, 1.82) is 0 Å². The highest BCUT2D eigenvalue weighted by molar-refractivity contribution is 8.00. The standard InChI is InChI=1S/C15H12ClFN2O2S/c1-19-8-15(20)21-14-5-3-10(7-13(14)19)22-18-9-2-4-12(17)11(16)6-9/h2-7,18H,8H2,1H3. The Labute approximate surface area is 136 Å². The van der Waals surface area contributed by atoms with Gasteiger partial charge in [0.25, 0.3) is 0 Å². The van der Waals surface area contributed by atoms with Gasteiger partial charge in [0, 0.05) is 17.6 Å². The first-order valence-corrected chi connectivity index (χ1v) is 7.66. The van der Waals surface area contributed by atoms with E-state index in [0.717, 1.165) is 10.6 Å². The summed E-state index contributed by atoms with van der Waals surface area (Å²) in [5, 5.41) is 0.0719. The van der Waals surface area contributed by atoms with Crippen molar-refractivity contribution in [3.63, 3.8) is 0 Å². The van der Waals surface area contributed by atoms with Crippen LogP contribution in [0.1, 0.15) is 0 Å². The third-order valence-corrected chi connectivity index (χ3v) is 4.26. The molecule has 1 aliphatic rings. The smallest absolute Gasteiger partial charge is 0.330 e. The molecular weight excluding hydrogens is 327 g/mol. The Morgan fingerprint density at radius 1 is 1.32 bits per heavy atom. The van der Waals surface area contributed by atoms with Gasteiger partial charge in [-0.2, -0.15) is 0 Å². The summed E-state index contributed by atoms with van der Waals surface area (Å²) in [7, 11) is 1.83. The molecule has 1 heterocycles. The van der Waals surface area contributed by atoms with Crippen molar-refractivity contribution >= 4 is 40.9 Å². The minimum atomic E-state index is -0.450. The van der Waals surface area contributed by atoms with Gasteiger partial charge in [0.1, 0.15) is 12.4 Å². The highest BCUT2D eigenvalue weighted by atomic mass is 35.5. The number of carbonyl (C=O) groups is 1. The summed E-state index contributed by atoms with van der Waals surface area (Å²) in [6.45, 7) is 0.224. The molecule has 0 amide bonds. The van der Waals surface area contributed by atoms with E-state index in [2.05, 4.69) is 4.72 Å². The SMILES string of the molecule is CN1CC(=O)Oc2ccc(SNc3ccc(F)c(Cl)c3)cc21. The molecule has 0 unspecified atom stereocenters. The van der Waals surface area contributed by atoms with Crippen LogP contribution in [0.15, 0.2) is 41.3 Å². The molecule has 0 radical (unpaired) electrons. The van der Waals surface area contributed by atoms with Gasteiger partial charge in [-0.1, -0.05) is 11.6 Å². The maximum atomic E-state index is 13.1. The summed E-state index contributed by atoms with van der Waals surface area (Å²) in [5.74, 6) is -0.170. The first kappa shape index (κ1) is 15.0. The quantitative estimate of drug-likeness (QED) is 0.521. The minimum Gasteiger partial charge on any atom is -0.423 e. The molecule has 7 heteroatoms. The number of hydrogen-bond donors (Lipinski definition) is 1. The minimum absolute atomic E-state index is 0.0719. The number of hydrogen-bond acceptors (Lipinski definition) is 5. The van der Waals surface area contributed by atoms with Crippen molar-refractivity contribution < 1.29 is 13.9 Å². The van der Waals surface area contributed by atoms with Crippen molar-refractivity contribution in [2.75, 3.05) is 23.2 Å². The van der Waals surface area contributed by atoms with E-state index in [1.54, 1.807) is 12.1 Å². The summed E-state index contributed by atoms with van der Waals surface area (Å²) in [6.07, 6.45) is 0. The zero-order valence-electron chi connectivity index (χ0n) is 11.6. The summed E-state index contributed by atoms with van der Waals surface area (Å²) in [5.41, 5.74) is 1.55. The molecule has 0 spiro atoms. The second-order valence-corrected chi connectivity index (χ2v) is 6.08. The van der Waals surface area contributed by atoms with Crippen LogP contribution in [0.3, 0.4) is 0 Å². The van der Waals surface area contributed by atoms with E-state index >= 15 is 0 Å². The average molecular weight is 339 g/mol. The zero-order chi connectivity index (χ0) is 15.7. The molecule has 3 rings (SSSR count). The Balaban J connectivity index is 1.75. The number of anilines is 2. The van der Waals surface area contributed by atoms with E-state index in [4.69, 9.17) is 16.3 Å². The van der Waals surface area contributed by atoms with Crippen LogP contribution in [-0.2, 0) is 4.79 Å². The van der Waals surface area contributed by atoms with Gasteiger partial charge >= 0.3 is 5.97 Å². The number of halogens is 2. The lowest BCUT2D eigenvalue weighted by atomic mass is 10.2. The lowest BCUT2D eigenvalue weighted by molar-refractivity contribution is -0.133. The molecule has 2 aromatic carbocycles. The van der Waals surface area contributed by atoms with Crippen LogP contribution in [-0.4, -0.2) is 19.6 Å². The largest absolute Gasteiger partial charge is 0.423 e. The lowest BCUT2D eigenvalue weighted by Gasteiger charge is -2.26. The predicted octanol–water partition coefficient (Wildman–Crippen LogP) is 3.95. The van der Waals surface area contributed by atoms with Crippen LogP contribution < -0.4 is 14.4 Å². The first-order chi connectivity index (χ1) is 10.5. The van der Waals surface area contributed by atoms with Gasteiger partial charge in [0.15, 0.2) is 5.75 Å². The van der Waals surface area contributed by atoms with E-state index in [-0.39, 0.29) is 17.5 Å². The zero-order valence-corrected chi connectivity index (χ0v) is 13.2.